The molecule has 0 spiro atoms. The Morgan fingerprint density at radius 2 is 2.14 bits per heavy atom. The van der Waals surface area contributed by atoms with Crippen molar-refractivity contribution in [3.8, 4) is 0 Å². The molecule has 0 aliphatic carbocycles. The van der Waals surface area contributed by atoms with Crippen molar-refractivity contribution >= 4 is 0 Å². The molecule has 0 bridgehead atoms. The second-order valence-corrected chi connectivity index (χ2v) is 6.07. The van der Waals surface area contributed by atoms with Gasteiger partial charge in [0.15, 0.2) is 0 Å². The van der Waals surface area contributed by atoms with E-state index in [0.29, 0.717) is 6.04 Å². The summed E-state index contributed by atoms with van der Waals surface area (Å²) in [6.07, 6.45) is 4.63. The van der Waals surface area contributed by atoms with E-state index in [2.05, 4.69) is 15.2 Å². The van der Waals surface area contributed by atoms with Crippen molar-refractivity contribution in [1.29, 1.82) is 0 Å². The van der Waals surface area contributed by atoms with Crippen LogP contribution in [0, 0.1) is 0 Å². The Hall–Kier alpha value is -1.01. The number of nitrogens with zero attached hydrogens (tertiary/aromatic N) is 2. The zero-order valence-corrected chi connectivity index (χ0v) is 12.4. The average Bonchev–Trinajstić information content (AvgIpc) is 2.52. The number of aliphatic hydroxyl groups excluding tert-OH is 1. The van der Waals surface area contributed by atoms with E-state index in [1.165, 1.54) is 0 Å². The number of nitrogens with one attached hydrogen (secondary N) is 1. The summed E-state index contributed by atoms with van der Waals surface area (Å²) in [5.41, 5.74) is 1.07. The van der Waals surface area contributed by atoms with Gasteiger partial charge in [0, 0.05) is 51.1 Å². The normalized spacial score (nSPS) is 28.6. The lowest BCUT2D eigenvalue weighted by Crippen LogP contribution is -2.55. The summed E-state index contributed by atoms with van der Waals surface area (Å²) in [7, 11) is 0. The largest absolute Gasteiger partial charge is 0.390 e. The highest BCUT2D eigenvalue weighted by molar-refractivity contribution is 5.04. The van der Waals surface area contributed by atoms with E-state index in [9.17, 15) is 5.11 Å². The van der Waals surface area contributed by atoms with E-state index in [0.717, 1.165) is 57.8 Å². The lowest BCUT2D eigenvalue weighted by Gasteiger charge is -2.38. The van der Waals surface area contributed by atoms with E-state index in [1.807, 2.05) is 24.4 Å². The highest BCUT2D eigenvalue weighted by Gasteiger charge is 2.29. The summed E-state index contributed by atoms with van der Waals surface area (Å²) in [6, 6.07) is 6.70. The average molecular weight is 291 g/mol. The van der Waals surface area contributed by atoms with Crippen LogP contribution >= 0.6 is 0 Å². The van der Waals surface area contributed by atoms with Gasteiger partial charge in [-0.1, -0.05) is 6.07 Å². The molecule has 1 aromatic heterocycles. The summed E-state index contributed by atoms with van der Waals surface area (Å²) in [6.45, 7) is 4.23. The fourth-order valence-electron chi connectivity index (χ4n) is 3.22. The molecule has 21 heavy (non-hydrogen) atoms. The van der Waals surface area contributed by atoms with Crippen LogP contribution in [0.5, 0.6) is 0 Å². The van der Waals surface area contributed by atoms with Crippen LogP contribution in [0.3, 0.4) is 0 Å². The van der Waals surface area contributed by atoms with Gasteiger partial charge in [0.1, 0.15) is 0 Å². The minimum absolute atomic E-state index is 0.216. The molecule has 0 radical (unpaired) electrons. The van der Waals surface area contributed by atoms with Crippen molar-refractivity contribution in [2.75, 3.05) is 26.3 Å². The molecule has 116 valence electrons. The molecule has 1 aromatic rings. The lowest BCUT2D eigenvalue weighted by atomic mass is 9.98. The van der Waals surface area contributed by atoms with Gasteiger partial charge in [-0.15, -0.1) is 0 Å². The first-order valence-electron chi connectivity index (χ1n) is 7.95. The van der Waals surface area contributed by atoms with Crippen molar-refractivity contribution in [3.05, 3.63) is 30.1 Å². The van der Waals surface area contributed by atoms with Gasteiger partial charge >= 0.3 is 0 Å². The molecule has 3 heterocycles. The quantitative estimate of drug-likeness (QED) is 0.859. The van der Waals surface area contributed by atoms with E-state index >= 15 is 0 Å². The first-order chi connectivity index (χ1) is 10.3. The maximum absolute atomic E-state index is 10.4. The van der Waals surface area contributed by atoms with Crippen molar-refractivity contribution in [1.82, 2.24) is 15.2 Å². The van der Waals surface area contributed by atoms with Crippen LogP contribution in [0.4, 0.5) is 0 Å². The highest BCUT2D eigenvalue weighted by atomic mass is 16.5. The number of ether oxygens (including phenoxy) is 1. The fraction of sp³-hybridized carbons (Fsp3) is 0.688. The number of rotatable bonds is 4. The summed E-state index contributed by atoms with van der Waals surface area (Å²) in [4.78, 5) is 6.64. The van der Waals surface area contributed by atoms with Gasteiger partial charge in [0.25, 0.3) is 0 Å². The second kappa shape index (κ2) is 7.31. The minimum Gasteiger partial charge on any atom is -0.390 e. The molecule has 0 aromatic carbocycles. The molecule has 5 nitrogen and oxygen atoms in total. The van der Waals surface area contributed by atoms with E-state index in [1.54, 1.807) is 0 Å². The predicted molar refractivity (Wildman–Crippen MR) is 80.9 cm³/mol. The summed E-state index contributed by atoms with van der Waals surface area (Å²) in [5.74, 6) is 0. The van der Waals surface area contributed by atoms with Crippen LogP contribution in [-0.4, -0.2) is 59.5 Å². The summed E-state index contributed by atoms with van der Waals surface area (Å²) < 4.78 is 5.38. The molecule has 2 aliphatic rings. The number of hydrogen-bond donors (Lipinski definition) is 2. The molecule has 2 fully saturated rings. The molecular weight excluding hydrogens is 266 g/mol. The SMILES string of the molecule is O[C@@H]1CN(Cc2ccccn2)CC[C@H]1NC1CCOCC1. The predicted octanol–water partition coefficient (Wildman–Crippen LogP) is 0.785. The number of aliphatic hydroxyl groups is 1. The van der Waals surface area contributed by atoms with Crippen molar-refractivity contribution in [2.24, 2.45) is 0 Å². The van der Waals surface area contributed by atoms with Crippen LogP contribution in [0.15, 0.2) is 24.4 Å². The number of pyridine rings is 1. The standard InChI is InChI=1S/C16H25N3O2/c20-16-12-19(11-14-3-1-2-7-17-14)8-4-15(16)18-13-5-9-21-10-6-13/h1-3,7,13,15-16,18,20H,4-6,8-12H2/t15-,16-/m1/s1. The number of piperidine rings is 1. The Morgan fingerprint density at radius 3 is 2.86 bits per heavy atom. The minimum atomic E-state index is -0.301. The highest BCUT2D eigenvalue weighted by Crippen LogP contribution is 2.16. The maximum atomic E-state index is 10.4. The molecule has 2 saturated heterocycles. The van der Waals surface area contributed by atoms with Crippen LogP contribution in [0.25, 0.3) is 0 Å². The van der Waals surface area contributed by atoms with E-state index < -0.39 is 0 Å². The molecule has 3 rings (SSSR count). The van der Waals surface area contributed by atoms with E-state index in [-0.39, 0.29) is 12.1 Å². The van der Waals surface area contributed by atoms with E-state index in [4.69, 9.17) is 4.74 Å². The smallest absolute Gasteiger partial charge is 0.0820 e. The first kappa shape index (κ1) is 14.9. The molecule has 0 amide bonds. The van der Waals surface area contributed by atoms with Gasteiger partial charge in [0.2, 0.25) is 0 Å². The van der Waals surface area contributed by atoms with Gasteiger partial charge in [0.05, 0.1) is 11.8 Å². The monoisotopic (exact) mass is 291 g/mol. The summed E-state index contributed by atoms with van der Waals surface area (Å²) in [5, 5.41) is 14.0. The third-order valence-electron chi connectivity index (χ3n) is 4.45. The molecule has 0 unspecified atom stereocenters. The van der Waals surface area contributed by atoms with Crippen LogP contribution in [-0.2, 0) is 11.3 Å². The molecule has 0 saturated carbocycles. The zero-order valence-electron chi connectivity index (χ0n) is 12.4. The Bertz CT molecular complexity index is 423. The maximum Gasteiger partial charge on any atom is 0.0820 e. The Balaban J connectivity index is 1.47. The van der Waals surface area contributed by atoms with Gasteiger partial charge in [-0.25, -0.2) is 0 Å². The Labute approximate surface area is 126 Å². The van der Waals surface area contributed by atoms with Gasteiger partial charge in [-0.3, -0.25) is 9.88 Å². The number of hydrogen-bond acceptors (Lipinski definition) is 5. The molecular formula is C16H25N3O2. The number of β-amino-alcohol motifs (C(OH)–C–C–N with tert-alkyl or cyclic N) is 1. The first-order valence-corrected chi connectivity index (χ1v) is 7.95. The number of aromatic nitrogens is 1. The molecule has 2 N–H and O–H groups in total. The zero-order chi connectivity index (χ0) is 14.5. The lowest BCUT2D eigenvalue weighted by molar-refractivity contribution is 0.0191. The van der Waals surface area contributed by atoms with Gasteiger partial charge in [-0.05, 0) is 31.4 Å². The molecule has 2 atom stereocenters. The number of likely N-dealkylation sites (tertiary alicyclic amines) is 1. The third-order valence-corrected chi connectivity index (χ3v) is 4.45. The third kappa shape index (κ3) is 4.23. The van der Waals surface area contributed by atoms with Crippen molar-refractivity contribution in [3.63, 3.8) is 0 Å². The Kier molecular flexibility index (Phi) is 5.19. The Morgan fingerprint density at radius 1 is 1.29 bits per heavy atom. The van der Waals surface area contributed by atoms with Crippen LogP contribution < -0.4 is 5.32 Å². The second-order valence-electron chi connectivity index (χ2n) is 6.07. The molecule has 5 heteroatoms. The van der Waals surface area contributed by atoms with Crippen molar-refractivity contribution in [2.45, 2.75) is 44.0 Å². The van der Waals surface area contributed by atoms with Crippen LogP contribution in [0.1, 0.15) is 25.0 Å². The topological polar surface area (TPSA) is 57.6 Å². The fourth-order valence-corrected chi connectivity index (χ4v) is 3.22. The van der Waals surface area contributed by atoms with Gasteiger partial charge < -0.3 is 15.2 Å². The summed E-state index contributed by atoms with van der Waals surface area (Å²) >= 11 is 0. The van der Waals surface area contributed by atoms with Crippen molar-refractivity contribution < 1.29 is 9.84 Å². The van der Waals surface area contributed by atoms with Crippen LogP contribution in [0.2, 0.25) is 0 Å². The molecule has 2 aliphatic heterocycles. The van der Waals surface area contributed by atoms with Gasteiger partial charge in [-0.2, -0.15) is 0 Å².